The SMILES string of the molecule is CC(C)CNCc1coc(N(C)C2CCCCC2C)n1. The highest BCUT2D eigenvalue weighted by molar-refractivity contribution is 5.28. The van der Waals surface area contributed by atoms with Gasteiger partial charge in [0.05, 0.1) is 5.69 Å². The third-order valence-corrected chi connectivity index (χ3v) is 4.26. The maximum atomic E-state index is 5.66. The molecule has 0 radical (unpaired) electrons. The lowest BCUT2D eigenvalue weighted by Crippen LogP contribution is -2.39. The Hall–Kier alpha value is -1.03. The van der Waals surface area contributed by atoms with Crippen molar-refractivity contribution in [3.63, 3.8) is 0 Å². The van der Waals surface area contributed by atoms with Crippen molar-refractivity contribution < 1.29 is 4.42 Å². The van der Waals surface area contributed by atoms with E-state index in [0.717, 1.165) is 30.7 Å². The molecular formula is C16H29N3O. The molecule has 2 rings (SSSR count). The number of hydrogen-bond donors (Lipinski definition) is 1. The van der Waals surface area contributed by atoms with E-state index in [-0.39, 0.29) is 0 Å². The van der Waals surface area contributed by atoms with Crippen molar-refractivity contribution in [3.05, 3.63) is 12.0 Å². The zero-order valence-corrected chi connectivity index (χ0v) is 13.4. The first-order chi connectivity index (χ1) is 9.58. The zero-order chi connectivity index (χ0) is 14.5. The summed E-state index contributed by atoms with van der Waals surface area (Å²) in [4.78, 5) is 6.85. The van der Waals surface area contributed by atoms with Crippen molar-refractivity contribution >= 4 is 6.01 Å². The molecule has 0 aromatic carbocycles. The monoisotopic (exact) mass is 279 g/mol. The first-order valence-corrected chi connectivity index (χ1v) is 7.96. The summed E-state index contributed by atoms with van der Waals surface area (Å²) in [5.41, 5.74) is 0.996. The first-order valence-electron chi connectivity index (χ1n) is 7.96. The zero-order valence-electron chi connectivity index (χ0n) is 13.4. The third-order valence-electron chi connectivity index (χ3n) is 4.26. The minimum absolute atomic E-state index is 0.568. The Balaban J connectivity index is 1.90. The van der Waals surface area contributed by atoms with Gasteiger partial charge in [0.2, 0.25) is 0 Å². The van der Waals surface area contributed by atoms with Gasteiger partial charge in [-0.1, -0.05) is 33.6 Å². The van der Waals surface area contributed by atoms with Crippen LogP contribution in [0.5, 0.6) is 0 Å². The highest BCUT2D eigenvalue weighted by Crippen LogP contribution is 2.30. The number of nitrogens with one attached hydrogen (secondary N) is 1. The van der Waals surface area contributed by atoms with Crippen molar-refractivity contribution in [2.24, 2.45) is 11.8 Å². The van der Waals surface area contributed by atoms with Crippen molar-refractivity contribution in [1.82, 2.24) is 10.3 Å². The molecule has 20 heavy (non-hydrogen) atoms. The van der Waals surface area contributed by atoms with E-state index >= 15 is 0 Å². The summed E-state index contributed by atoms with van der Waals surface area (Å²) < 4.78 is 5.66. The summed E-state index contributed by atoms with van der Waals surface area (Å²) in [6, 6.07) is 1.34. The number of hydrogen-bond acceptors (Lipinski definition) is 4. The normalized spacial score (nSPS) is 23.2. The van der Waals surface area contributed by atoms with Gasteiger partial charge in [-0.3, -0.25) is 0 Å². The molecule has 4 nitrogen and oxygen atoms in total. The van der Waals surface area contributed by atoms with E-state index in [0.29, 0.717) is 12.0 Å². The molecule has 1 aliphatic carbocycles. The highest BCUT2D eigenvalue weighted by atomic mass is 16.4. The fraction of sp³-hybridized carbons (Fsp3) is 0.812. The molecule has 0 aliphatic heterocycles. The van der Waals surface area contributed by atoms with Crippen LogP contribution in [0, 0.1) is 11.8 Å². The molecule has 0 amide bonds. The molecule has 2 unspecified atom stereocenters. The molecule has 1 aliphatic rings. The smallest absolute Gasteiger partial charge is 0.297 e. The fourth-order valence-electron chi connectivity index (χ4n) is 3.04. The summed E-state index contributed by atoms with van der Waals surface area (Å²) in [5, 5.41) is 3.40. The first kappa shape index (κ1) is 15.4. The van der Waals surface area contributed by atoms with Crippen LogP contribution in [0.2, 0.25) is 0 Å². The van der Waals surface area contributed by atoms with E-state index in [2.05, 4.69) is 43.0 Å². The molecule has 4 heteroatoms. The van der Waals surface area contributed by atoms with Crippen molar-refractivity contribution in [3.8, 4) is 0 Å². The molecule has 0 spiro atoms. The molecule has 114 valence electrons. The third kappa shape index (κ3) is 3.98. The maximum Gasteiger partial charge on any atom is 0.297 e. The Kier molecular flexibility index (Phi) is 5.46. The minimum Gasteiger partial charge on any atom is -0.432 e. The van der Waals surface area contributed by atoms with Gasteiger partial charge < -0.3 is 14.6 Å². The Morgan fingerprint density at radius 1 is 1.40 bits per heavy atom. The number of anilines is 1. The van der Waals surface area contributed by atoms with Crippen LogP contribution in [0.3, 0.4) is 0 Å². The van der Waals surface area contributed by atoms with E-state index < -0.39 is 0 Å². The van der Waals surface area contributed by atoms with Gasteiger partial charge in [-0.2, -0.15) is 4.98 Å². The van der Waals surface area contributed by atoms with Gasteiger partial charge in [0.25, 0.3) is 6.01 Å². The average molecular weight is 279 g/mol. The van der Waals surface area contributed by atoms with Crippen LogP contribution in [0.1, 0.15) is 52.1 Å². The molecule has 2 atom stereocenters. The van der Waals surface area contributed by atoms with Crippen LogP contribution in [0.4, 0.5) is 6.01 Å². The van der Waals surface area contributed by atoms with Crippen molar-refractivity contribution in [1.29, 1.82) is 0 Å². The second-order valence-corrected chi connectivity index (χ2v) is 6.59. The summed E-state index contributed by atoms with van der Waals surface area (Å²) in [6.07, 6.45) is 7.04. The topological polar surface area (TPSA) is 41.3 Å². The van der Waals surface area contributed by atoms with Gasteiger partial charge in [0, 0.05) is 19.6 Å². The maximum absolute atomic E-state index is 5.66. The predicted octanol–water partition coefficient (Wildman–Crippen LogP) is 3.44. The van der Waals surface area contributed by atoms with Crippen molar-refractivity contribution in [2.75, 3.05) is 18.5 Å². The Bertz CT molecular complexity index is 402. The lowest BCUT2D eigenvalue weighted by Gasteiger charge is -2.35. The molecule has 1 N–H and O–H groups in total. The second-order valence-electron chi connectivity index (χ2n) is 6.59. The number of aromatic nitrogens is 1. The molecule has 0 saturated heterocycles. The molecule has 1 aromatic heterocycles. The average Bonchev–Trinajstić information content (AvgIpc) is 2.87. The molecule has 1 saturated carbocycles. The molecular weight excluding hydrogens is 250 g/mol. The Labute approximate surface area is 122 Å². The predicted molar refractivity (Wildman–Crippen MR) is 82.9 cm³/mol. The van der Waals surface area contributed by atoms with Crippen LogP contribution >= 0.6 is 0 Å². The quantitative estimate of drug-likeness (QED) is 0.866. The van der Waals surface area contributed by atoms with E-state index in [1.54, 1.807) is 6.26 Å². The van der Waals surface area contributed by atoms with Gasteiger partial charge in [-0.25, -0.2) is 0 Å². The number of nitrogens with zero attached hydrogens (tertiary/aromatic N) is 2. The highest BCUT2D eigenvalue weighted by Gasteiger charge is 2.27. The van der Waals surface area contributed by atoms with Crippen LogP contribution in [0.15, 0.2) is 10.7 Å². The van der Waals surface area contributed by atoms with Crippen molar-refractivity contribution in [2.45, 2.75) is 59.0 Å². The van der Waals surface area contributed by atoms with Crippen LogP contribution in [0.25, 0.3) is 0 Å². The van der Waals surface area contributed by atoms with Gasteiger partial charge in [-0.15, -0.1) is 0 Å². The van der Waals surface area contributed by atoms with Gasteiger partial charge in [0.15, 0.2) is 0 Å². The largest absolute Gasteiger partial charge is 0.432 e. The summed E-state index contributed by atoms with van der Waals surface area (Å²) in [7, 11) is 2.11. The van der Waals surface area contributed by atoms with Gasteiger partial charge in [0.1, 0.15) is 6.26 Å². The molecule has 1 aromatic rings. The second kappa shape index (κ2) is 7.11. The van der Waals surface area contributed by atoms with Gasteiger partial charge in [-0.05, 0) is 31.2 Å². The van der Waals surface area contributed by atoms with Gasteiger partial charge >= 0.3 is 0 Å². The molecule has 1 heterocycles. The standard InChI is InChI=1S/C16H29N3O/c1-12(2)9-17-10-14-11-20-16(18-14)19(4)15-8-6-5-7-13(15)3/h11-13,15,17H,5-10H2,1-4H3. The fourth-order valence-corrected chi connectivity index (χ4v) is 3.04. The van der Waals surface area contributed by atoms with Crippen LogP contribution in [-0.2, 0) is 6.54 Å². The molecule has 1 fully saturated rings. The summed E-state index contributed by atoms with van der Waals surface area (Å²) in [6.45, 7) is 8.56. The minimum atomic E-state index is 0.568. The number of rotatable bonds is 6. The lowest BCUT2D eigenvalue weighted by molar-refractivity contribution is 0.311. The lowest BCUT2D eigenvalue weighted by atomic mass is 9.85. The van der Waals surface area contributed by atoms with E-state index in [9.17, 15) is 0 Å². The van der Waals surface area contributed by atoms with E-state index in [1.807, 2.05) is 0 Å². The summed E-state index contributed by atoms with van der Waals surface area (Å²) in [5.74, 6) is 1.38. The van der Waals surface area contributed by atoms with Crippen LogP contribution < -0.4 is 10.2 Å². The summed E-state index contributed by atoms with van der Waals surface area (Å²) >= 11 is 0. The van der Waals surface area contributed by atoms with Crippen LogP contribution in [-0.4, -0.2) is 24.6 Å². The Morgan fingerprint density at radius 3 is 2.85 bits per heavy atom. The van der Waals surface area contributed by atoms with E-state index in [4.69, 9.17) is 4.42 Å². The molecule has 0 bridgehead atoms. The number of oxazole rings is 1. The Morgan fingerprint density at radius 2 is 2.15 bits per heavy atom. The van der Waals surface area contributed by atoms with E-state index in [1.165, 1.54) is 25.7 Å².